The van der Waals surface area contributed by atoms with Crippen LogP contribution in [0.15, 0.2) is 79.1 Å². The Labute approximate surface area is 175 Å². The van der Waals surface area contributed by atoms with E-state index in [-0.39, 0.29) is 18.0 Å². The highest BCUT2D eigenvalue weighted by molar-refractivity contribution is 5.94. The van der Waals surface area contributed by atoms with Crippen molar-refractivity contribution in [3.8, 4) is 11.1 Å². The van der Waals surface area contributed by atoms with Crippen LogP contribution in [0.3, 0.4) is 0 Å². The van der Waals surface area contributed by atoms with E-state index in [0.717, 1.165) is 28.8 Å². The number of urea groups is 1. The molecule has 3 amide bonds. The molecule has 4 rings (SSSR count). The van der Waals surface area contributed by atoms with E-state index in [1.54, 1.807) is 17.3 Å². The van der Waals surface area contributed by atoms with Gasteiger partial charge in [0.25, 0.3) is 0 Å². The molecule has 2 N–H and O–H groups in total. The second-order valence-corrected chi connectivity index (χ2v) is 7.38. The Morgan fingerprint density at radius 2 is 1.77 bits per heavy atom. The smallest absolute Gasteiger partial charge is 0.322 e. The molecule has 152 valence electrons. The first-order chi connectivity index (χ1) is 14.7. The molecule has 3 aromatic rings. The zero-order valence-electron chi connectivity index (χ0n) is 16.6. The number of nitrogens with zero attached hydrogens (tertiary/aromatic N) is 2. The minimum Gasteiger partial charge on any atom is -0.352 e. The quantitative estimate of drug-likeness (QED) is 0.655. The summed E-state index contributed by atoms with van der Waals surface area (Å²) in [5.41, 5.74) is 3.74. The van der Waals surface area contributed by atoms with Crippen LogP contribution in [0.4, 0.5) is 10.5 Å². The number of carbonyl (C=O) groups excluding carboxylic acids is 2. The molecule has 0 spiro atoms. The molecule has 0 bridgehead atoms. The van der Waals surface area contributed by atoms with E-state index >= 15 is 0 Å². The first kappa shape index (κ1) is 19.6. The van der Waals surface area contributed by atoms with Gasteiger partial charge in [0.05, 0.1) is 5.69 Å². The number of anilines is 1. The monoisotopic (exact) mass is 400 g/mol. The summed E-state index contributed by atoms with van der Waals surface area (Å²) in [5.74, 6) is 0.0405. The summed E-state index contributed by atoms with van der Waals surface area (Å²) in [6.07, 6.45) is 4.67. The number of para-hydroxylation sites is 1. The van der Waals surface area contributed by atoms with Crippen molar-refractivity contribution < 1.29 is 9.59 Å². The van der Waals surface area contributed by atoms with Gasteiger partial charge in [-0.05, 0) is 35.7 Å². The summed E-state index contributed by atoms with van der Waals surface area (Å²) in [4.78, 5) is 30.7. The van der Waals surface area contributed by atoms with Crippen LogP contribution in [-0.4, -0.2) is 34.4 Å². The Balaban J connectivity index is 1.55. The molecule has 0 unspecified atom stereocenters. The van der Waals surface area contributed by atoms with Crippen LogP contribution >= 0.6 is 0 Å². The number of hydrogen-bond donors (Lipinski definition) is 2. The van der Waals surface area contributed by atoms with Crippen molar-refractivity contribution in [1.82, 2.24) is 15.2 Å². The van der Waals surface area contributed by atoms with Gasteiger partial charge in [0.1, 0.15) is 0 Å². The molecule has 0 radical (unpaired) electrons. The molecule has 6 nitrogen and oxygen atoms in total. The summed E-state index contributed by atoms with van der Waals surface area (Å²) in [6, 6.07) is 21.3. The molecule has 1 aliphatic heterocycles. The SMILES string of the molecule is O=C1CC[C@@H](CN(Cc2ccncc2)C(=O)Nc2ccccc2-c2ccccc2)N1. The van der Waals surface area contributed by atoms with E-state index in [0.29, 0.717) is 19.5 Å². The number of benzene rings is 2. The minimum atomic E-state index is -0.198. The summed E-state index contributed by atoms with van der Waals surface area (Å²) >= 11 is 0. The molecule has 6 heteroatoms. The van der Waals surface area contributed by atoms with E-state index in [1.165, 1.54) is 0 Å². The van der Waals surface area contributed by atoms with E-state index in [2.05, 4.69) is 15.6 Å². The summed E-state index contributed by atoms with van der Waals surface area (Å²) in [6.45, 7) is 0.891. The summed E-state index contributed by atoms with van der Waals surface area (Å²) in [5, 5.41) is 6.03. The highest BCUT2D eigenvalue weighted by Gasteiger charge is 2.26. The van der Waals surface area contributed by atoms with Gasteiger partial charge in [0, 0.05) is 43.5 Å². The van der Waals surface area contributed by atoms with Crippen molar-refractivity contribution in [3.05, 3.63) is 84.7 Å². The van der Waals surface area contributed by atoms with Crippen LogP contribution in [0.2, 0.25) is 0 Å². The number of hydrogen-bond acceptors (Lipinski definition) is 3. The fraction of sp³-hybridized carbons (Fsp3) is 0.208. The summed E-state index contributed by atoms with van der Waals surface area (Å²) in [7, 11) is 0. The topological polar surface area (TPSA) is 74.3 Å². The maximum absolute atomic E-state index is 13.3. The first-order valence-electron chi connectivity index (χ1n) is 10.1. The standard InChI is InChI=1S/C24H24N4O2/c29-23-11-10-20(26-23)17-28(16-18-12-14-25-15-13-18)24(30)27-22-9-5-4-8-21(22)19-6-2-1-3-7-19/h1-9,12-15,20H,10-11,16-17H2,(H,26,29)(H,27,30)/t20-/m0/s1. The van der Waals surface area contributed by atoms with Gasteiger partial charge < -0.3 is 15.5 Å². The third-order valence-electron chi connectivity index (χ3n) is 5.19. The highest BCUT2D eigenvalue weighted by Crippen LogP contribution is 2.28. The Bertz CT molecular complexity index is 1010. The van der Waals surface area contributed by atoms with Crippen LogP contribution in [0.1, 0.15) is 18.4 Å². The third-order valence-corrected chi connectivity index (χ3v) is 5.19. The summed E-state index contributed by atoms with van der Waals surface area (Å²) < 4.78 is 0. The van der Waals surface area contributed by atoms with Gasteiger partial charge in [-0.2, -0.15) is 0 Å². The zero-order chi connectivity index (χ0) is 20.8. The number of pyridine rings is 1. The fourth-order valence-electron chi connectivity index (χ4n) is 3.66. The predicted molar refractivity (Wildman–Crippen MR) is 117 cm³/mol. The van der Waals surface area contributed by atoms with Crippen molar-refractivity contribution in [3.63, 3.8) is 0 Å². The van der Waals surface area contributed by atoms with Crippen molar-refractivity contribution >= 4 is 17.6 Å². The van der Waals surface area contributed by atoms with Gasteiger partial charge in [0.2, 0.25) is 5.91 Å². The molecule has 1 aliphatic rings. The van der Waals surface area contributed by atoms with E-state index in [1.807, 2.05) is 66.7 Å². The second kappa shape index (κ2) is 9.22. The zero-order valence-corrected chi connectivity index (χ0v) is 16.6. The van der Waals surface area contributed by atoms with Crippen molar-refractivity contribution in [2.75, 3.05) is 11.9 Å². The van der Waals surface area contributed by atoms with Gasteiger partial charge >= 0.3 is 6.03 Å². The van der Waals surface area contributed by atoms with Crippen molar-refractivity contribution in [2.24, 2.45) is 0 Å². The Morgan fingerprint density at radius 1 is 1.03 bits per heavy atom. The van der Waals surface area contributed by atoms with Gasteiger partial charge in [-0.25, -0.2) is 4.79 Å². The van der Waals surface area contributed by atoms with Crippen LogP contribution in [0.25, 0.3) is 11.1 Å². The van der Waals surface area contributed by atoms with Gasteiger partial charge in [-0.1, -0.05) is 48.5 Å². The van der Waals surface area contributed by atoms with E-state index in [9.17, 15) is 9.59 Å². The second-order valence-electron chi connectivity index (χ2n) is 7.38. The highest BCUT2D eigenvalue weighted by atomic mass is 16.2. The molecule has 1 saturated heterocycles. The lowest BCUT2D eigenvalue weighted by Gasteiger charge is -2.26. The molecule has 1 atom stereocenters. The minimum absolute atomic E-state index is 0.0329. The van der Waals surface area contributed by atoms with Crippen molar-refractivity contribution in [2.45, 2.75) is 25.4 Å². The molecule has 1 aromatic heterocycles. The van der Waals surface area contributed by atoms with E-state index < -0.39 is 0 Å². The van der Waals surface area contributed by atoms with Crippen molar-refractivity contribution in [1.29, 1.82) is 0 Å². The van der Waals surface area contributed by atoms with Crippen LogP contribution in [0, 0.1) is 0 Å². The predicted octanol–water partition coefficient (Wildman–Crippen LogP) is 4.06. The molecule has 1 fully saturated rings. The largest absolute Gasteiger partial charge is 0.352 e. The van der Waals surface area contributed by atoms with Gasteiger partial charge in [-0.3, -0.25) is 9.78 Å². The fourth-order valence-corrected chi connectivity index (χ4v) is 3.66. The van der Waals surface area contributed by atoms with Gasteiger partial charge in [0.15, 0.2) is 0 Å². The van der Waals surface area contributed by atoms with Crippen LogP contribution in [-0.2, 0) is 11.3 Å². The molecular formula is C24H24N4O2. The molecule has 0 aliphatic carbocycles. The lowest BCUT2D eigenvalue weighted by molar-refractivity contribution is -0.119. The lowest BCUT2D eigenvalue weighted by Crippen LogP contribution is -2.43. The van der Waals surface area contributed by atoms with Gasteiger partial charge in [-0.15, -0.1) is 0 Å². The Kier molecular flexibility index (Phi) is 6.03. The number of carbonyl (C=O) groups is 2. The molecule has 30 heavy (non-hydrogen) atoms. The Hall–Kier alpha value is -3.67. The maximum atomic E-state index is 13.3. The number of amides is 3. The third kappa shape index (κ3) is 4.84. The Morgan fingerprint density at radius 3 is 2.50 bits per heavy atom. The first-order valence-corrected chi connectivity index (χ1v) is 10.1. The maximum Gasteiger partial charge on any atom is 0.322 e. The number of aromatic nitrogens is 1. The number of nitrogens with one attached hydrogen (secondary N) is 2. The average Bonchev–Trinajstić information content (AvgIpc) is 3.19. The van der Waals surface area contributed by atoms with Crippen LogP contribution in [0.5, 0.6) is 0 Å². The van der Waals surface area contributed by atoms with E-state index in [4.69, 9.17) is 0 Å². The normalized spacial score (nSPS) is 15.5. The number of rotatable bonds is 6. The molecule has 2 heterocycles. The lowest BCUT2D eigenvalue weighted by atomic mass is 10.0. The molecular weight excluding hydrogens is 376 g/mol. The molecule has 0 saturated carbocycles. The molecule has 2 aromatic carbocycles. The van der Waals surface area contributed by atoms with Crippen LogP contribution < -0.4 is 10.6 Å². The average molecular weight is 400 g/mol.